The summed E-state index contributed by atoms with van der Waals surface area (Å²) in [6.07, 6.45) is 3.47. The molecule has 0 aromatic rings. The van der Waals surface area contributed by atoms with E-state index in [2.05, 4.69) is 13.2 Å². The van der Waals surface area contributed by atoms with E-state index in [0.717, 1.165) is 6.08 Å². The lowest BCUT2D eigenvalue weighted by molar-refractivity contribution is -0.143. The van der Waals surface area contributed by atoms with Crippen LogP contribution in [0.3, 0.4) is 0 Å². The molecule has 0 fully saturated rings. The van der Waals surface area contributed by atoms with Gasteiger partial charge in [-0.3, -0.25) is 0 Å². The summed E-state index contributed by atoms with van der Waals surface area (Å²) in [7, 11) is 0. The predicted molar refractivity (Wildman–Crippen MR) is 46.6 cm³/mol. The summed E-state index contributed by atoms with van der Waals surface area (Å²) in [6, 6.07) is 0. The Balaban J connectivity index is 3.83. The monoisotopic (exact) mass is 170 g/mol. The highest BCUT2D eigenvalue weighted by molar-refractivity contribution is 5.81. The number of rotatable bonds is 6. The van der Waals surface area contributed by atoms with Gasteiger partial charge in [0.15, 0.2) is 0 Å². The quantitative estimate of drug-likeness (QED) is 0.368. The maximum absolute atomic E-state index is 10.7. The third-order valence-corrected chi connectivity index (χ3v) is 1.33. The zero-order valence-electron chi connectivity index (χ0n) is 7.03. The van der Waals surface area contributed by atoms with Gasteiger partial charge < -0.3 is 9.84 Å². The molecule has 0 saturated heterocycles. The number of carbonyl (C=O) groups excluding carboxylic acids is 1. The van der Waals surface area contributed by atoms with Crippen molar-refractivity contribution >= 4 is 5.97 Å². The van der Waals surface area contributed by atoms with Crippen molar-refractivity contribution in [3.8, 4) is 0 Å². The first-order chi connectivity index (χ1) is 5.74. The van der Waals surface area contributed by atoms with Gasteiger partial charge in [0, 0.05) is 25.5 Å². The maximum Gasteiger partial charge on any atom is 0.330 e. The van der Waals surface area contributed by atoms with Crippen molar-refractivity contribution in [2.45, 2.75) is 18.9 Å². The van der Waals surface area contributed by atoms with E-state index >= 15 is 0 Å². The molecule has 3 heteroatoms. The van der Waals surface area contributed by atoms with Gasteiger partial charge in [0.05, 0.1) is 0 Å². The predicted octanol–water partition coefficient (Wildman–Crippen LogP) is 1.04. The Morgan fingerprint density at radius 2 is 2.25 bits per heavy atom. The van der Waals surface area contributed by atoms with Crippen LogP contribution >= 0.6 is 0 Å². The molecule has 12 heavy (non-hydrogen) atoms. The molecule has 0 aliphatic carbocycles. The average molecular weight is 170 g/mol. The summed E-state index contributed by atoms with van der Waals surface area (Å²) in [5.74, 6) is -0.463. The molecule has 0 spiro atoms. The Morgan fingerprint density at radius 3 is 2.67 bits per heavy atom. The Kier molecular flexibility index (Phi) is 6.01. The summed E-state index contributed by atoms with van der Waals surface area (Å²) < 4.78 is 4.89. The first-order valence-electron chi connectivity index (χ1n) is 3.79. The lowest BCUT2D eigenvalue weighted by Crippen LogP contribution is -2.17. The lowest BCUT2D eigenvalue weighted by Gasteiger charge is -2.13. The van der Waals surface area contributed by atoms with Gasteiger partial charge in [-0.1, -0.05) is 12.7 Å². The molecular weight excluding hydrogens is 156 g/mol. The van der Waals surface area contributed by atoms with Crippen LogP contribution in [0.4, 0.5) is 0 Å². The van der Waals surface area contributed by atoms with Gasteiger partial charge in [0.2, 0.25) is 0 Å². The number of hydrogen-bond acceptors (Lipinski definition) is 3. The third kappa shape index (κ3) is 4.68. The van der Waals surface area contributed by atoms with E-state index < -0.39 is 5.97 Å². The topological polar surface area (TPSA) is 46.5 Å². The second-order valence-corrected chi connectivity index (χ2v) is 2.30. The van der Waals surface area contributed by atoms with Crippen molar-refractivity contribution in [3.05, 3.63) is 25.3 Å². The Morgan fingerprint density at radius 1 is 1.58 bits per heavy atom. The number of ether oxygens (including phenoxy) is 1. The number of aliphatic hydroxyl groups excluding tert-OH is 1. The van der Waals surface area contributed by atoms with E-state index in [9.17, 15) is 4.79 Å². The SMILES string of the molecule is C=CC[C@H](CCO)OC(=O)C=C. The van der Waals surface area contributed by atoms with Crippen LogP contribution in [0, 0.1) is 0 Å². The van der Waals surface area contributed by atoms with Gasteiger partial charge in [0.25, 0.3) is 0 Å². The van der Waals surface area contributed by atoms with Gasteiger partial charge in [0.1, 0.15) is 6.10 Å². The smallest absolute Gasteiger partial charge is 0.330 e. The lowest BCUT2D eigenvalue weighted by atomic mass is 10.2. The fraction of sp³-hybridized carbons (Fsp3) is 0.444. The molecule has 0 heterocycles. The van der Waals surface area contributed by atoms with Crippen LogP contribution in [0.1, 0.15) is 12.8 Å². The van der Waals surface area contributed by atoms with Crippen LogP contribution in [0.15, 0.2) is 25.3 Å². The zero-order chi connectivity index (χ0) is 9.40. The molecule has 1 N–H and O–H groups in total. The fourth-order valence-electron chi connectivity index (χ4n) is 0.767. The highest BCUT2D eigenvalue weighted by Crippen LogP contribution is 2.04. The van der Waals surface area contributed by atoms with Crippen LogP contribution in [-0.2, 0) is 9.53 Å². The molecular formula is C9H14O3. The maximum atomic E-state index is 10.7. The molecule has 0 saturated carbocycles. The minimum absolute atomic E-state index is 0.00291. The second kappa shape index (κ2) is 6.61. The largest absolute Gasteiger partial charge is 0.459 e. The summed E-state index contributed by atoms with van der Waals surface area (Å²) in [5, 5.41) is 8.60. The molecule has 3 nitrogen and oxygen atoms in total. The Hall–Kier alpha value is -1.09. The minimum atomic E-state index is -0.463. The standard InChI is InChI=1S/C9H14O3/c1-3-5-8(6-7-10)12-9(11)4-2/h3-4,8,10H,1-2,5-7H2/t8-/m1/s1. The number of carbonyl (C=O) groups is 1. The highest BCUT2D eigenvalue weighted by atomic mass is 16.5. The third-order valence-electron chi connectivity index (χ3n) is 1.33. The van der Waals surface area contributed by atoms with Crippen molar-refractivity contribution in [2.24, 2.45) is 0 Å². The van der Waals surface area contributed by atoms with Crippen molar-refractivity contribution in [1.82, 2.24) is 0 Å². The van der Waals surface area contributed by atoms with Crippen LogP contribution in [0.5, 0.6) is 0 Å². The number of esters is 1. The van der Waals surface area contributed by atoms with Crippen molar-refractivity contribution in [2.75, 3.05) is 6.61 Å². The summed E-state index contributed by atoms with van der Waals surface area (Å²) in [5.41, 5.74) is 0. The van der Waals surface area contributed by atoms with E-state index in [-0.39, 0.29) is 12.7 Å². The number of aliphatic hydroxyl groups is 1. The Labute approximate surface area is 72.3 Å². The highest BCUT2D eigenvalue weighted by Gasteiger charge is 2.09. The van der Waals surface area contributed by atoms with Gasteiger partial charge in [-0.25, -0.2) is 4.79 Å². The van der Waals surface area contributed by atoms with E-state index in [4.69, 9.17) is 9.84 Å². The molecule has 0 amide bonds. The number of hydrogen-bond donors (Lipinski definition) is 1. The fourth-order valence-corrected chi connectivity index (χ4v) is 0.767. The van der Waals surface area contributed by atoms with Crippen LogP contribution in [0.25, 0.3) is 0 Å². The van der Waals surface area contributed by atoms with Crippen LogP contribution in [0.2, 0.25) is 0 Å². The van der Waals surface area contributed by atoms with Gasteiger partial charge in [-0.15, -0.1) is 6.58 Å². The van der Waals surface area contributed by atoms with Crippen molar-refractivity contribution in [3.63, 3.8) is 0 Å². The molecule has 0 aromatic carbocycles. The van der Waals surface area contributed by atoms with Crippen LogP contribution in [-0.4, -0.2) is 23.8 Å². The molecule has 0 aliphatic rings. The van der Waals surface area contributed by atoms with Gasteiger partial charge >= 0.3 is 5.97 Å². The van der Waals surface area contributed by atoms with Crippen molar-refractivity contribution < 1.29 is 14.6 Å². The molecule has 0 aliphatic heterocycles. The molecule has 0 radical (unpaired) electrons. The molecule has 0 bridgehead atoms. The summed E-state index contributed by atoms with van der Waals surface area (Å²) >= 11 is 0. The van der Waals surface area contributed by atoms with E-state index in [1.54, 1.807) is 6.08 Å². The average Bonchev–Trinajstić information content (AvgIpc) is 2.05. The van der Waals surface area contributed by atoms with Crippen molar-refractivity contribution in [1.29, 1.82) is 0 Å². The van der Waals surface area contributed by atoms with Crippen LogP contribution < -0.4 is 0 Å². The first-order valence-corrected chi connectivity index (χ1v) is 3.79. The summed E-state index contributed by atoms with van der Waals surface area (Å²) in [6.45, 7) is 6.79. The summed E-state index contributed by atoms with van der Waals surface area (Å²) in [4.78, 5) is 10.7. The normalized spacial score (nSPS) is 11.8. The molecule has 0 rings (SSSR count). The first kappa shape index (κ1) is 10.9. The van der Waals surface area contributed by atoms with E-state index in [1.807, 2.05) is 0 Å². The van der Waals surface area contributed by atoms with E-state index in [0.29, 0.717) is 12.8 Å². The van der Waals surface area contributed by atoms with Gasteiger partial charge in [-0.05, 0) is 0 Å². The van der Waals surface area contributed by atoms with E-state index in [1.165, 1.54) is 0 Å². The molecule has 0 aromatic heterocycles. The molecule has 0 unspecified atom stereocenters. The minimum Gasteiger partial charge on any atom is -0.459 e. The zero-order valence-corrected chi connectivity index (χ0v) is 7.03. The molecule has 1 atom stereocenters. The van der Waals surface area contributed by atoms with Gasteiger partial charge in [-0.2, -0.15) is 0 Å². The molecule has 68 valence electrons. The second-order valence-electron chi connectivity index (χ2n) is 2.30. The Bertz CT molecular complexity index is 163.